The van der Waals surface area contributed by atoms with Gasteiger partial charge in [0.15, 0.2) is 0 Å². The van der Waals surface area contributed by atoms with Crippen molar-refractivity contribution in [2.24, 2.45) is 7.05 Å². The first kappa shape index (κ1) is 10.7. The van der Waals surface area contributed by atoms with Crippen LogP contribution in [0.5, 0.6) is 0 Å². The summed E-state index contributed by atoms with van der Waals surface area (Å²) in [6.07, 6.45) is 3.52. The molecule has 0 aliphatic rings. The monoisotopic (exact) mass is 218 g/mol. The van der Waals surface area contributed by atoms with Crippen LogP contribution in [-0.2, 0) is 20.1 Å². The van der Waals surface area contributed by atoms with Crippen LogP contribution >= 0.6 is 0 Å². The molecular formula is C10H14N6. The number of hydrogen-bond acceptors (Lipinski definition) is 5. The van der Waals surface area contributed by atoms with Crippen LogP contribution in [0.15, 0.2) is 18.5 Å². The lowest BCUT2D eigenvalue weighted by Crippen LogP contribution is -2.16. The molecule has 2 aromatic rings. The third kappa shape index (κ3) is 2.60. The first-order valence-corrected chi connectivity index (χ1v) is 5.08. The van der Waals surface area contributed by atoms with E-state index in [9.17, 15) is 0 Å². The molecule has 0 aliphatic carbocycles. The van der Waals surface area contributed by atoms with Crippen molar-refractivity contribution in [3.63, 3.8) is 0 Å². The molecule has 6 nitrogen and oxygen atoms in total. The molecule has 0 amide bonds. The Morgan fingerprint density at radius 1 is 1.38 bits per heavy atom. The summed E-state index contributed by atoms with van der Waals surface area (Å²) in [7, 11) is 1.87. The molecule has 0 saturated carbocycles. The zero-order valence-electron chi connectivity index (χ0n) is 9.38. The Hall–Kier alpha value is -1.82. The summed E-state index contributed by atoms with van der Waals surface area (Å²) in [6, 6.07) is 1.90. The molecular weight excluding hydrogens is 204 g/mol. The Balaban J connectivity index is 1.87. The molecule has 2 aromatic heterocycles. The fraction of sp³-hybridized carbons (Fsp3) is 0.400. The summed E-state index contributed by atoms with van der Waals surface area (Å²) in [5.74, 6) is 0.793. The summed E-state index contributed by atoms with van der Waals surface area (Å²) < 4.78 is 1.75. The molecule has 0 aliphatic heterocycles. The minimum Gasteiger partial charge on any atom is -0.305 e. The van der Waals surface area contributed by atoms with E-state index < -0.39 is 0 Å². The molecule has 0 radical (unpaired) electrons. The highest BCUT2D eigenvalue weighted by Gasteiger charge is 2.00. The van der Waals surface area contributed by atoms with Crippen LogP contribution < -0.4 is 5.32 Å². The van der Waals surface area contributed by atoms with Crippen molar-refractivity contribution >= 4 is 0 Å². The van der Waals surface area contributed by atoms with Crippen molar-refractivity contribution in [2.75, 3.05) is 0 Å². The van der Waals surface area contributed by atoms with Gasteiger partial charge < -0.3 is 5.32 Å². The van der Waals surface area contributed by atoms with E-state index in [1.54, 1.807) is 17.1 Å². The molecule has 1 N–H and O–H groups in total. The fourth-order valence-corrected chi connectivity index (χ4v) is 1.39. The summed E-state index contributed by atoms with van der Waals surface area (Å²) >= 11 is 0. The highest BCUT2D eigenvalue weighted by Crippen LogP contribution is 1.96. The summed E-state index contributed by atoms with van der Waals surface area (Å²) in [5.41, 5.74) is 2.04. The second kappa shape index (κ2) is 4.80. The van der Waals surface area contributed by atoms with Gasteiger partial charge in [0.2, 0.25) is 0 Å². The van der Waals surface area contributed by atoms with Gasteiger partial charge in [0.1, 0.15) is 5.82 Å². The standard InChI is InChI=1S/C10H14N6/c1-8-12-4-3-9(14-8)5-11-6-10-7-13-15-16(10)2/h3-4,7,11H,5-6H2,1-2H3. The fourth-order valence-electron chi connectivity index (χ4n) is 1.39. The first-order chi connectivity index (χ1) is 7.75. The molecule has 6 heteroatoms. The van der Waals surface area contributed by atoms with Gasteiger partial charge in [-0.2, -0.15) is 0 Å². The topological polar surface area (TPSA) is 68.5 Å². The highest BCUT2D eigenvalue weighted by molar-refractivity contribution is 5.01. The molecule has 0 fully saturated rings. The van der Waals surface area contributed by atoms with Gasteiger partial charge in [-0.1, -0.05) is 5.21 Å². The predicted molar refractivity (Wildman–Crippen MR) is 58.3 cm³/mol. The maximum atomic E-state index is 4.30. The lowest BCUT2D eigenvalue weighted by atomic mass is 10.3. The van der Waals surface area contributed by atoms with Crippen LogP contribution in [0.25, 0.3) is 0 Å². The summed E-state index contributed by atoms with van der Waals surface area (Å²) in [5, 5.41) is 10.9. The number of aromatic nitrogens is 5. The minimum atomic E-state index is 0.717. The summed E-state index contributed by atoms with van der Waals surface area (Å²) in [4.78, 5) is 8.35. The van der Waals surface area contributed by atoms with Gasteiger partial charge >= 0.3 is 0 Å². The average Bonchev–Trinajstić information content (AvgIpc) is 2.65. The van der Waals surface area contributed by atoms with Gasteiger partial charge in [-0.3, -0.25) is 4.68 Å². The average molecular weight is 218 g/mol. The summed E-state index contributed by atoms with van der Waals surface area (Å²) in [6.45, 7) is 3.33. The molecule has 0 saturated heterocycles. The van der Waals surface area contributed by atoms with Crippen molar-refractivity contribution < 1.29 is 0 Å². The van der Waals surface area contributed by atoms with Crippen LogP contribution in [0.1, 0.15) is 17.2 Å². The molecule has 0 atom stereocenters. The van der Waals surface area contributed by atoms with Gasteiger partial charge in [-0.25, -0.2) is 9.97 Å². The van der Waals surface area contributed by atoms with Gasteiger partial charge in [0, 0.05) is 26.3 Å². The smallest absolute Gasteiger partial charge is 0.125 e. The Morgan fingerprint density at radius 3 is 2.94 bits per heavy atom. The molecule has 0 bridgehead atoms. The molecule has 0 aromatic carbocycles. The zero-order chi connectivity index (χ0) is 11.4. The highest BCUT2D eigenvalue weighted by atomic mass is 15.4. The van der Waals surface area contributed by atoms with Crippen molar-refractivity contribution in [3.8, 4) is 0 Å². The molecule has 2 rings (SSSR count). The van der Waals surface area contributed by atoms with E-state index >= 15 is 0 Å². The second-order valence-corrected chi connectivity index (χ2v) is 3.55. The van der Waals surface area contributed by atoms with E-state index in [4.69, 9.17) is 0 Å². The van der Waals surface area contributed by atoms with Crippen LogP contribution in [0.2, 0.25) is 0 Å². The molecule has 84 valence electrons. The van der Waals surface area contributed by atoms with E-state index in [0.29, 0.717) is 6.54 Å². The second-order valence-electron chi connectivity index (χ2n) is 3.55. The predicted octanol–water partition coefficient (Wildman–Crippen LogP) is 0.203. The maximum Gasteiger partial charge on any atom is 0.125 e. The van der Waals surface area contributed by atoms with Gasteiger partial charge in [0.25, 0.3) is 0 Å². The van der Waals surface area contributed by atoms with Crippen LogP contribution in [-0.4, -0.2) is 25.0 Å². The number of nitrogens with zero attached hydrogens (tertiary/aromatic N) is 5. The SMILES string of the molecule is Cc1nccc(CNCc2cnnn2C)n1. The van der Waals surface area contributed by atoms with Crippen molar-refractivity contribution in [1.82, 2.24) is 30.3 Å². The Labute approximate surface area is 93.7 Å². The van der Waals surface area contributed by atoms with Crippen LogP contribution in [0, 0.1) is 6.92 Å². The molecule has 2 heterocycles. The van der Waals surface area contributed by atoms with Crippen molar-refractivity contribution in [2.45, 2.75) is 20.0 Å². The quantitative estimate of drug-likeness (QED) is 0.794. The first-order valence-electron chi connectivity index (χ1n) is 5.08. The lowest BCUT2D eigenvalue weighted by Gasteiger charge is -2.04. The van der Waals surface area contributed by atoms with E-state index in [1.807, 2.05) is 20.0 Å². The van der Waals surface area contributed by atoms with E-state index in [1.165, 1.54) is 0 Å². The Kier molecular flexibility index (Phi) is 3.21. The lowest BCUT2D eigenvalue weighted by molar-refractivity contribution is 0.610. The molecule has 16 heavy (non-hydrogen) atoms. The minimum absolute atomic E-state index is 0.717. The van der Waals surface area contributed by atoms with Gasteiger partial charge in [0.05, 0.1) is 17.6 Å². The number of hydrogen-bond donors (Lipinski definition) is 1. The van der Waals surface area contributed by atoms with Gasteiger partial charge in [-0.05, 0) is 13.0 Å². The molecule has 0 spiro atoms. The van der Waals surface area contributed by atoms with E-state index in [0.717, 1.165) is 23.8 Å². The third-order valence-corrected chi connectivity index (χ3v) is 2.25. The Morgan fingerprint density at radius 2 is 2.25 bits per heavy atom. The van der Waals surface area contributed by atoms with E-state index in [-0.39, 0.29) is 0 Å². The number of nitrogens with one attached hydrogen (secondary N) is 1. The van der Waals surface area contributed by atoms with Crippen molar-refractivity contribution in [3.05, 3.63) is 35.7 Å². The van der Waals surface area contributed by atoms with Gasteiger partial charge in [-0.15, -0.1) is 5.10 Å². The molecule has 0 unspecified atom stereocenters. The maximum absolute atomic E-state index is 4.30. The normalized spacial score (nSPS) is 10.6. The van der Waals surface area contributed by atoms with Crippen molar-refractivity contribution in [1.29, 1.82) is 0 Å². The largest absolute Gasteiger partial charge is 0.305 e. The third-order valence-electron chi connectivity index (χ3n) is 2.25. The number of aryl methyl sites for hydroxylation is 2. The van der Waals surface area contributed by atoms with E-state index in [2.05, 4.69) is 25.6 Å². The van der Waals surface area contributed by atoms with Crippen LogP contribution in [0.4, 0.5) is 0 Å². The Bertz CT molecular complexity index is 464. The number of rotatable bonds is 4. The zero-order valence-corrected chi connectivity index (χ0v) is 9.38. The van der Waals surface area contributed by atoms with Crippen LogP contribution in [0.3, 0.4) is 0 Å².